The number of benzene rings is 1. The van der Waals surface area contributed by atoms with Gasteiger partial charge < -0.3 is 35.2 Å². The van der Waals surface area contributed by atoms with Gasteiger partial charge in [0.05, 0.1) is 5.60 Å². The number of aromatic nitrogens is 2. The number of anilines is 2. The zero-order valence-corrected chi connectivity index (χ0v) is 22.3. The molecule has 1 aromatic carbocycles. The molecule has 1 aromatic heterocycles. The molecular weight excluding hydrogens is 470 g/mol. The van der Waals surface area contributed by atoms with Gasteiger partial charge in [0.1, 0.15) is 30.1 Å². The van der Waals surface area contributed by atoms with Gasteiger partial charge in [-0.25, -0.2) is 9.97 Å². The van der Waals surface area contributed by atoms with Crippen LogP contribution >= 0.6 is 0 Å². The summed E-state index contributed by atoms with van der Waals surface area (Å²) in [4.78, 5) is 14.5. The van der Waals surface area contributed by atoms with Crippen molar-refractivity contribution in [3.8, 4) is 17.1 Å². The van der Waals surface area contributed by atoms with E-state index < -0.39 is 11.7 Å². The Morgan fingerprint density at radius 2 is 1.92 bits per heavy atom. The second kappa shape index (κ2) is 12.9. The predicted octanol–water partition coefficient (Wildman–Crippen LogP) is 2.59. The van der Waals surface area contributed by atoms with E-state index in [1.54, 1.807) is 7.05 Å². The molecule has 1 aliphatic heterocycles. The Morgan fingerprint density at radius 1 is 1.16 bits per heavy atom. The van der Waals surface area contributed by atoms with Crippen LogP contribution in [0.4, 0.5) is 11.6 Å². The number of likely N-dealkylation sites (N-methyl/N-ethyl adjacent to an activating group) is 1. The molecular formula is C28H43N5O4. The van der Waals surface area contributed by atoms with Crippen molar-refractivity contribution in [2.75, 3.05) is 56.7 Å². The fourth-order valence-electron chi connectivity index (χ4n) is 5.37. The number of ether oxygens (including phenoxy) is 1. The molecule has 0 radical (unpaired) electrons. The Morgan fingerprint density at radius 3 is 2.62 bits per heavy atom. The minimum Gasteiger partial charge on any atom is -0.491 e. The largest absolute Gasteiger partial charge is 0.491 e. The molecule has 1 saturated heterocycles. The SMILES string of the molecule is CNCC(O)COc1cccc(-c2nc(N3CCC(O)(CCO)CC3)cc(N(C)C3CCCCC3)n2)c1. The van der Waals surface area contributed by atoms with Crippen LogP contribution in [-0.2, 0) is 0 Å². The minimum absolute atomic E-state index is 0.00508. The summed E-state index contributed by atoms with van der Waals surface area (Å²) in [6.07, 6.45) is 7.13. The van der Waals surface area contributed by atoms with Crippen molar-refractivity contribution in [3.63, 3.8) is 0 Å². The van der Waals surface area contributed by atoms with Crippen LogP contribution in [0.15, 0.2) is 30.3 Å². The van der Waals surface area contributed by atoms with Gasteiger partial charge in [-0.3, -0.25) is 0 Å². The molecule has 1 aliphatic carbocycles. The quantitative estimate of drug-likeness (QED) is 0.360. The van der Waals surface area contributed by atoms with Gasteiger partial charge in [0.2, 0.25) is 0 Å². The van der Waals surface area contributed by atoms with Crippen LogP contribution in [0, 0.1) is 0 Å². The average molecular weight is 514 g/mol. The highest BCUT2D eigenvalue weighted by atomic mass is 16.5. The first-order valence-corrected chi connectivity index (χ1v) is 13.7. The summed E-state index contributed by atoms with van der Waals surface area (Å²) in [7, 11) is 3.93. The number of nitrogens with zero attached hydrogens (tertiary/aromatic N) is 4. The summed E-state index contributed by atoms with van der Waals surface area (Å²) in [6.45, 7) is 2.00. The van der Waals surface area contributed by atoms with E-state index in [-0.39, 0.29) is 13.2 Å². The summed E-state index contributed by atoms with van der Waals surface area (Å²) in [5.74, 6) is 3.05. The third kappa shape index (κ3) is 7.31. The second-order valence-corrected chi connectivity index (χ2v) is 10.5. The van der Waals surface area contributed by atoms with E-state index in [1.165, 1.54) is 32.1 Å². The third-order valence-corrected chi connectivity index (χ3v) is 7.75. The molecule has 0 amide bonds. The maximum absolute atomic E-state index is 10.8. The minimum atomic E-state index is -0.813. The number of hydrogen-bond acceptors (Lipinski definition) is 9. The molecule has 0 spiro atoms. The van der Waals surface area contributed by atoms with Crippen molar-refractivity contribution < 1.29 is 20.1 Å². The zero-order chi connectivity index (χ0) is 26.3. The lowest BCUT2D eigenvalue weighted by Gasteiger charge is -2.39. The van der Waals surface area contributed by atoms with Crippen LogP contribution in [0.25, 0.3) is 11.4 Å². The normalized spacial score (nSPS) is 19.0. The van der Waals surface area contributed by atoms with Crippen LogP contribution in [0.3, 0.4) is 0 Å². The van der Waals surface area contributed by atoms with E-state index >= 15 is 0 Å². The average Bonchev–Trinajstić information content (AvgIpc) is 2.92. The maximum atomic E-state index is 10.8. The van der Waals surface area contributed by atoms with Gasteiger partial charge in [-0.2, -0.15) is 0 Å². The van der Waals surface area contributed by atoms with Gasteiger partial charge >= 0.3 is 0 Å². The van der Waals surface area contributed by atoms with Crippen LogP contribution in [0.2, 0.25) is 0 Å². The number of rotatable bonds is 11. The highest BCUT2D eigenvalue weighted by molar-refractivity contribution is 5.64. The lowest BCUT2D eigenvalue weighted by molar-refractivity contribution is -0.00543. The fourth-order valence-corrected chi connectivity index (χ4v) is 5.37. The smallest absolute Gasteiger partial charge is 0.163 e. The molecule has 2 aliphatic rings. The molecule has 1 unspecified atom stereocenters. The van der Waals surface area contributed by atoms with Gasteiger partial charge in [-0.15, -0.1) is 0 Å². The van der Waals surface area contributed by atoms with Crippen molar-refractivity contribution in [3.05, 3.63) is 30.3 Å². The highest BCUT2D eigenvalue weighted by Gasteiger charge is 2.32. The van der Waals surface area contributed by atoms with Gasteiger partial charge in [0, 0.05) is 51.0 Å². The van der Waals surface area contributed by atoms with E-state index in [2.05, 4.69) is 28.2 Å². The van der Waals surface area contributed by atoms with E-state index in [0.29, 0.717) is 56.5 Å². The van der Waals surface area contributed by atoms with E-state index in [9.17, 15) is 15.3 Å². The molecule has 2 aromatic rings. The Labute approximate surface area is 220 Å². The van der Waals surface area contributed by atoms with Crippen molar-refractivity contribution in [2.24, 2.45) is 0 Å². The van der Waals surface area contributed by atoms with Gasteiger partial charge in [-0.05, 0) is 51.3 Å². The lowest BCUT2D eigenvalue weighted by atomic mass is 9.88. The first-order valence-electron chi connectivity index (χ1n) is 13.7. The lowest BCUT2D eigenvalue weighted by Crippen LogP contribution is -2.45. The molecule has 2 heterocycles. The summed E-state index contributed by atoms with van der Waals surface area (Å²) >= 11 is 0. The van der Waals surface area contributed by atoms with Crippen LogP contribution in [0.5, 0.6) is 5.75 Å². The monoisotopic (exact) mass is 513 g/mol. The second-order valence-electron chi connectivity index (χ2n) is 10.5. The van der Waals surface area contributed by atoms with Crippen LogP contribution < -0.4 is 19.9 Å². The molecule has 37 heavy (non-hydrogen) atoms. The summed E-state index contributed by atoms with van der Waals surface area (Å²) in [5.41, 5.74) is 0.0429. The van der Waals surface area contributed by atoms with Gasteiger partial charge in [-0.1, -0.05) is 31.4 Å². The van der Waals surface area contributed by atoms with E-state index in [0.717, 1.165) is 17.2 Å². The molecule has 1 saturated carbocycles. The van der Waals surface area contributed by atoms with Crippen molar-refractivity contribution in [2.45, 2.75) is 69.1 Å². The fraction of sp³-hybridized carbons (Fsp3) is 0.643. The first kappa shape index (κ1) is 27.6. The van der Waals surface area contributed by atoms with Crippen molar-refractivity contribution >= 4 is 11.6 Å². The molecule has 2 fully saturated rings. The third-order valence-electron chi connectivity index (χ3n) is 7.75. The van der Waals surface area contributed by atoms with Crippen molar-refractivity contribution in [1.29, 1.82) is 0 Å². The number of aliphatic hydroxyl groups is 3. The number of aliphatic hydroxyl groups excluding tert-OH is 2. The van der Waals surface area contributed by atoms with E-state index in [4.69, 9.17) is 14.7 Å². The Kier molecular flexibility index (Phi) is 9.59. The van der Waals surface area contributed by atoms with Gasteiger partial charge in [0.15, 0.2) is 5.82 Å². The standard InChI is InChI=1S/C28H43N5O4/c1-29-19-23(35)20-37-24-10-6-7-21(17-24)27-30-25(32(2)22-8-4-3-5-9-22)18-26(31-27)33-14-11-28(36,12-15-33)13-16-34/h6-7,10,17-18,22-23,29,34-36H,3-5,8-9,11-16,19-20H2,1-2H3. The van der Waals surface area contributed by atoms with E-state index in [1.807, 2.05) is 24.3 Å². The predicted molar refractivity (Wildman–Crippen MR) is 146 cm³/mol. The highest BCUT2D eigenvalue weighted by Crippen LogP contribution is 2.33. The summed E-state index contributed by atoms with van der Waals surface area (Å²) < 4.78 is 5.83. The maximum Gasteiger partial charge on any atom is 0.163 e. The molecule has 4 rings (SSSR count). The molecule has 4 N–H and O–H groups in total. The van der Waals surface area contributed by atoms with Crippen LogP contribution in [0.1, 0.15) is 51.4 Å². The van der Waals surface area contributed by atoms with Gasteiger partial charge in [0.25, 0.3) is 0 Å². The first-order chi connectivity index (χ1) is 17.9. The number of piperidine rings is 1. The van der Waals surface area contributed by atoms with Crippen molar-refractivity contribution in [1.82, 2.24) is 15.3 Å². The Hall–Kier alpha value is -2.46. The molecule has 1 atom stereocenters. The number of nitrogens with one attached hydrogen (secondary N) is 1. The molecule has 0 bridgehead atoms. The molecule has 204 valence electrons. The molecule has 9 nitrogen and oxygen atoms in total. The van der Waals surface area contributed by atoms with Crippen LogP contribution in [-0.4, -0.2) is 90.0 Å². The summed E-state index contributed by atoms with van der Waals surface area (Å²) in [5, 5.41) is 33.1. The Balaban J connectivity index is 1.61. The summed E-state index contributed by atoms with van der Waals surface area (Å²) in [6, 6.07) is 10.2. The zero-order valence-electron chi connectivity index (χ0n) is 22.3. The topological polar surface area (TPSA) is 114 Å². The molecule has 9 heteroatoms. The number of hydrogen-bond donors (Lipinski definition) is 4. The Bertz CT molecular complexity index is 992.